The average Bonchev–Trinajstić information content (AvgIpc) is 1.99. The lowest BCUT2D eigenvalue weighted by Gasteiger charge is -2.58. The van der Waals surface area contributed by atoms with Crippen LogP contribution in [0.4, 0.5) is 0 Å². The normalized spacial score (nSPS) is 37.6. The zero-order valence-corrected chi connectivity index (χ0v) is 15.0. The molecule has 0 aromatic carbocycles. The Balaban J connectivity index is 3.13. The highest BCUT2D eigenvalue weighted by molar-refractivity contribution is 7.67. The third-order valence-corrected chi connectivity index (χ3v) is 45.9. The van der Waals surface area contributed by atoms with E-state index in [1.807, 2.05) is 0 Å². The van der Waals surface area contributed by atoms with E-state index in [1.54, 1.807) is 0 Å². The van der Waals surface area contributed by atoms with E-state index in [2.05, 4.69) is 46.2 Å². The second-order valence-electron chi connectivity index (χ2n) is 6.88. The van der Waals surface area contributed by atoms with Gasteiger partial charge in [0, 0.05) is 13.5 Å². The number of rotatable bonds is 1. The molecule has 0 aromatic rings. The summed E-state index contributed by atoms with van der Waals surface area (Å²) in [6.45, 7) is 17.3. The van der Waals surface area contributed by atoms with E-state index < -0.39 is 22.5 Å². The lowest BCUT2D eigenvalue weighted by atomic mass is 10.2. The van der Waals surface area contributed by atoms with Gasteiger partial charge in [-0.3, -0.25) is 0 Å². The zero-order valence-electron chi connectivity index (χ0n) is 11.2. The highest BCUT2D eigenvalue weighted by Gasteiger charge is 2.61. The minimum absolute atomic E-state index is 0.0322. The molecule has 1 aliphatic rings. The minimum atomic E-state index is -1.49. The van der Waals surface area contributed by atoms with Crippen molar-refractivity contribution < 1.29 is 4.43 Å². The molecular formula is C10H25ClOSi3. The van der Waals surface area contributed by atoms with Crippen LogP contribution in [0.1, 0.15) is 6.92 Å². The van der Waals surface area contributed by atoms with Crippen molar-refractivity contribution >= 4 is 34.1 Å². The van der Waals surface area contributed by atoms with E-state index in [-0.39, 0.29) is 5.60 Å². The van der Waals surface area contributed by atoms with Crippen molar-refractivity contribution in [3.63, 3.8) is 0 Å². The van der Waals surface area contributed by atoms with Crippen molar-refractivity contribution in [2.45, 2.75) is 57.9 Å². The van der Waals surface area contributed by atoms with Crippen LogP contribution in [0, 0.1) is 0 Å². The van der Waals surface area contributed by atoms with Crippen molar-refractivity contribution in [1.29, 1.82) is 0 Å². The summed E-state index contributed by atoms with van der Waals surface area (Å²) in [6, 6.07) is 1.25. The van der Waals surface area contributed by atoms with Gasteiger partial charge in [0.2, 0.25) is 0 Å². The van der Waals surface area contributed by atoms with Gasteiger partial charge in [-0.25, -0.2) is 0 Å². The molecule has 1 aliphatic heterocycles. The van der Waals surface area contributed by atoms with E-state index in [4.69, 9.17) is 16.0 Å². The Kier molecular flexibility index (Phi) is 3.44. The van der Waals surface area contributed by atoms with Crippen molar-refractivity contribution in [2.24, 2.45) is 0 Å². The van der Waals surface area contributed by atoms with Crippen LogP contribution in [-0.4, -0.2) is 34.0 Å². The fourth-order valence-electron chi connectivity index (χ4n) is 2.82. The van der Waals surface area contributed by atoms with E-state index in [1.165, 1.54) is 6.04 Å². The largest absolute Gasteiger partial charge is 0.414 e. The quantitative estimate of drug-likeness (QED) is 0.525. The molecule has 0 aliphatic carbocycles. The van der Waals surface area contributed by atoms with Gasteiger partial charge in [-0.15, -0.1) is 11.6 Å². The van der Waals surface area contributed by atoms with E-state index in [9.17, 15) is 0 Å². The molecule has 0 amide bonds. The lowest BCUT2D eigenvalue weighted by Crippen LogP contribution is -2.78. The Labute approximate surface area is 102 Å². The van der Waals surface area contributed by atoms with Crippen LogP contribution >= 0.6 is 11.6 Å². The molecule has 5 heteroatoms. The predicted octanol–water partition coefficient (Wildman–Crippen LogP) is 3.79. The van der Waals surface area contributed by atoms with Gasteiger partial charge in [0.15, 0.2) is 7.83 Å². The summed E-state index contributed by atoms with van der Waals surface area (Å²) in [6.07, 6.45) is 0. The van der Waals surface area contributed by atoms with E-state index >= 15 is 0 Å². The van der Waals surface area contributed by atoms with Gasteiger partial charge >= 0.3 is 0 Å². The summed E-state index contributed by atoms with van der Waals surface area (Å²) in [5.74, 6) is 0.657. The third kappa shape index (κ3) is 2.16. The third-order valence-electron chi connectivity index (χ3n) is 4.80. The van der Waals surface area contributed by atoms with Crippen molar-refractivity contribution in [3.05, 3.63) is 0 Å². The highest BCUT2D eigenvalue weighted by Crippen LogP contribution is 2.44. The first-order chi connectivity index (χ1) is 6.47. The Morgan fingerprint density at radius 3 is 1.93 bits per heavy atom. The van der Waals surface area contributed by atoms with Gasteiger partial charge in [-0.1, -0.05) is 26.2 Å². The summed E-state index contributed by atoms with van der Waals surface area (Å²) in [7, 11) is -3.77. The summed E-state index contributed by atoms with van der Waals surface area (Å²) in [4.78, 5) is 0. The van der Waals surface area contributed by atoms with Crippen LogP contribution in [0.25, 0.3) is 0 Å². The van der Waals surface area contributed by atoms with Crippen LogP contribution in [0.5, 0.6) is 0 Å². The molecule has 0 saturated carbocycles. The van der Waals surface area contributed by atoms with Gasteiger partial charge in [-0.05, 0) is 26.1 Å². The Hall–Kier alpha value is 0.901. The maximum atomic E-state index is 6.46. The van der Waals surface area contributed by atoms with E-state index in [0.717, 1.165) is 0 Å². The summed E-state index contributed by atoms with van der Waals surface area (Å²) < 4.78 is 6.46. The Bertz CT molecular complexity index is 243. The molecule has 1 rings (SSSR count). The second kappa shape index (κ2) is 3.70. The standard InChI is InChI=1S/C10H25ClOSi3/c1-10(8-11)9-13(2,3)15(6,7)14(4,5)12-10/h8-9H2,1-7H3. The van der Waals surface area contributed by atoms with Crippen LogP contribution in [0.2, 0.25) is 45.3 Å². The molecule has 0 N–H and O–H groups in total. The van der Waals surface area contributed by atoms with Gasteiger partial charge in [0.05, 0.1) is 12.7 Å². The first-order valence-electron chi connectivity index (χ1n) is 5.74. The smallest absolute Gasteiger partial charge is 0.172 e. The topological polar surface area (TPSA) is 9.23 Å². The molecule has 1 fully saturated rings. The molecular weight excluding hydrogens is 256 g/mol. The van der Waals surface area contributed by atoms with Crippen molar-refractivity contribution in [2.75, 3.05) is 5.88 Å². The molecule has 0 spiro atoms. The molecule has 0 aromatic heterocycles. The first-order valence-corrected chi connectivity index (χ1v) is 17.4. The van der Waals surface area contributed by atoms with Gasteiger partial charge in [0.1, 0.15) is 0 Å². The van der Waals surface area contributed by atoms with Gasteiger partial charge in [0.25, 0.3) is 0 Å². The minimum Gasteiger partial charge on any atom is -0.414 e. The molecule has 1 saturated heterocycles. The summed E-state index contributed by atoms with van der Waals surface area (Å²) in [5.41, 5.74) is -0.0322. The molecule has 1 unspecified atom stereocenters. The number of hydrogen-bond acceptors (Lipinski definition) is 1. The Morgan fingerprint density at radius 1 is 1.13 bits per heavy atom. The summed E-state index contributed by atoms with van der Waals surface area (Å²) >= 11 is 6.10. The second-order valence-corrected chi connectivity index (χ2v) is 34.4. The summed E-state index contributed by atoms with van der Waals surface area (Å²) in [5, 5.41) is 0. The van der Waals surface area contributed by atoms with Crippen molar-refractivity contribution in [1.82, 2.24) is 0 Å². The molecule has 1 atom stereocenters. The fraction of sp³-hybridized carbons (Fsp3) is 1.00. The number of halogens is 1. The molecule has 15 heavy (non-hydrogen) atoms. The number of hydrogen-bond donors (Lipinski definition) is 0. The molecule has 1 nitrogen and oxygen atoms in total. The maximum absolute atomic E-state index is 6.46. The molecule has 0 radical (unpaired) electrons. The van der Waals surface area contributed by atoms with Crippen LogP contribution in [-0.2, 0) is 4.43 Å². The SMILES string of the molecule is CC1(CCl)C[Si](C)(C)[Si](C)(C)[Si](C)(C)O1. The van der Waals surface area contributed by atoms with Crippen molar-refractivity contribution in [3.8, 4) is 0 Å². The van der Waals surface area contributed by atoms with Gasteiger partial charge < -0.3 is 4.43 Å². The van der Waals surface area contributed by atoms with Crippen LogP contribution in [0.15, 0.2) is 0 Å². The lowest BCUT2D eigenvalue weighted by molar-refractivity contribution is 0.126. The monoisotopic (exact) mass is 280 g/mol. The molecule has 90 valence electrons. The van der Waals surface area contributed by atoms with E-state index in [0.29, 0.717) is 5.88 Å². The fourth-order valence-corrected chi connectivity index (χ4v) is 33.9. The van der Waals surface area contributed by atoms with Gasteiger partial charge in [-0.2, -0.15) is 0 Å². The maximum Gasteiger partial charge on any atom is 0.172 e. The highest BCUT2D eigenvalue weighted by atomic mass is 35.5. The number of alkyl halides is 1. The predicted molar refractivity (Wildman–Crippen MR) is 77.5 cm³/mol. The zero-order chi connectivity index (χ0) is 12.1. The first kappa shape index (κ1) is 14.0. The average molecular weight is 281 g/mol. The molecule has 1 heterocycles. The molecule has 0 bridgehead atoms. The van der Waals surface area contributed by atoms with Crippen LogP contribution in [0.3, 0.4) is 0 Å². The Morgan fingerprint density at radius 2 is 1.60 bits per heavy atom. The van der Waals surface area contributed by atoms with Crippen LogP contribution < -0.4 is 0 Å².